The van der Waals surface area contributed by atoms with Gasteiger partial charge in [-0.3, -0.25) is 14.5 Å². The molecule has 4 rings (SSSR count). The van der Waals surface area contributed by atoms with Crippen molar-refractivity contribution in [2.45, 2.75) is 63.5 Å². The number of hydrogen-bond donors (Lipinski definition) is 1. The summed E-state index contributed by atoms with van der Waals surface area (Å²) in [4.78, 5) is 29.8. The summed E-state index contributed by atoms with van der Waals surface area (Å²) in [6, 6.07) is 11.1. The summed E-state index contributed by atoms with van der Waals surface area (Å²) in [5.74, 6) is 0.0300. The molecule has 1 aromatic rings. The molecule has 28 heavy (non-hydrogen) atoms. The first-order valence-electron chi connectivity index (χ1n) is 11.1. The molecular formula is C23H33N3O2. The van der Waals surface area contributed by atoms with E-state index in [1.807, 2.05) is 11.0 Å². The molecule has 5 heteroatoms. The molecule has 0 radical (unpaired) electrons. The summed E-state index contributed by atoms with van der Waals surface area (Å²) < 4.78 is 0. The zero-order valence-corrected chi connectivity index (χ0v) is 16.8. The van der Waals surface area contributed by atoms with Crippen molar-refractivity contribution in [1.29, 1.82) is 0 Å². The highest BCUT2D eigenvalue weighted by molar-refractivity contribution is 5.89. The predicted octanol–water partition coefficient (Wildman–Crippen LogP) is 3.12. The van der Waals surface area contributed by atoms with Crippen LogP contribution in [0.25, 0.3) is 0 Å². The maximum absolute atomic E-state index is 12.9. The maximum Gasteiger partial charge on any atom is 0.225 e. The van der Waals surface area contributed by atoms with Gasteiger partial charge in [-0.25, -0.2) is 0 Å². The van der Waals surface area contributed by atoms with Crippen molar-refractivity contribution >= 4 is 11.8 Å². The van der Waals surface area contributed by atoms with E-state index in [1.54, 1.807) is 0 Å². The van der Waals surface area contributed by atoms with Crippen LogP contribution in [0.3, 0.4) is 0 Å². The average Bonchev–Trinajstić information content (AvgIpc) is 3.40. The molecule has 2 amide bonds. The van der Waals surface area contributed by atoms with Gasteiger partial charge in [0.1, 0.15) is 0 Å². The minimum Gasteiger partial charge on any atom is -0.354 e. The molecule has 2 saturated heterocycles. The standard InChI is InChI=1S/C23H33N3O2/c27-22-15-19(17-26(22)20-11-5-2-6-12-20)23(28)24-16-21(25-13-7-8-14-25)18-9-3-1-4-10-18/h1,3-4,9-10,19-21H,2,5-8,11-17H2,(H,24,28). The molecule has 5 nitrogen and oxygen atoms in total. The van der Waals surface area contributed by atoms with Crippen molar-refractivity contribution < 1.29 is 9.59 Å². The highest BCUT2D eigenvalue weighted by atomic mass is 16.2. The van der Waals surface area contributed by atoms with Crippen LogP contribution in [0.5, 0.6) is 0 Å². The molecular weight excluding hydrogens is 350 g/mol. The van der Waals surface area contributed by atoms with Gasteiger partial charge >= 0.3 is 0 Å². The molecule has 3 aliphatic rings. The van der Waals surface area contributed by atoms with Crippen LogP contribution in [0.15, 0.2) is 30.3 Å². The van der Waals surface area contributed by atoms with E-state index in [9.17, 15) is 9.59 Å². The fraction of sp³-hybridized carbons (Fsp3) is 0.652. The first-order chi connectivity index (χ1) is 13.7. The lowest BCUT2D eigenvalue weighted by atomic mass is 9.94. The van der Waals surface area contributed by atoms with Crippen LogP contribution >= 0.6 is 0 Å². The number of rotatable bonds is 6. The molecule has 2 unspecified atom stereocenters. The summed E-state index contributed by atoms with van der Waals surface area (Å²) in [5, 5.41) is 3.18. The lowest BCUT2D eigenvalue weighted by molar-refractivity contribution is -0.130. The molecule has 1 N–H and O–H groups in total. The smallest absolute Gasteiger partial charge is 0.225 e. The Morgan fingerprint density at radius 2 is 1.75 bits per heavy atom. The molecule has 0 spiro atoms. The number of likely N-dealkylation sites (tertiary alicyclic amines) is 2. The fourth-order valence-electron chi connectivity index (χ4n) is 5.18. The van der Waals surface area contributed by atoms with Gasteiger partial charge in [-0.2, -0.15) is 0 Å². The summed E-state index contributed by atoms with van der Waals surface area (Å²) in [5.41, 5.74) is 1.26. The third kappa shape index (κ3) is 4.40. The van der Waals surface area contributed by atoms with Crippen LogP contribution in [0.2, 0.25) is 0 Å². The Morgan fingerprint density at radius 3 is 2.46 bits per heavy atom. The molecule has 2 aliphatic heterocycles. The molecule has 1 aliphatic carbocycles. The Balaban J connectivity index is 1.35. The van der Waals surface area contributed by atoms with Crippen molar-refractivity contribution in [1.82, 2.24) is 15.1 Å². The molecule has 152 valence electrons. The SMILES string of the molecule is O=C(NCC(c1ccccc1)N1CCCC1)C1CC(=O)N(C2CCCCC2)C1. The van der Waals surface area contributed by atoms with E-state index in [1.165, 1.54) is 37.7 Å². The Kier molecular flexibility index (Phi) is 6.30. The monoisotopic (exact) mass is 383 g/mol. The van der Waals surface area contributed by atoms with E-state index in [0.717, 1.165) is 25.9 Å². The normalized spacial score (nSPS) is 25.2. The lowest BCUT2D eigenvalue weighted by Gasteiger charge is -2.31. The number of hydrogen-bond acceptors (Lipinski definition) is 3. The first-order valence-corrected chi connectivity index (χ1v) is 11.1. The maximum atomic E-state index is 12.9. The summed E-state index contributed by atoms with van der Waals surface area (Å²) in [6.07, 6.45) is 8.73. The van der Waals surface area contributed by atoms with Crippen LogP contribution < -0.4 is 5.32 Å². The van der Waals surface area contributed by atoms with Gasteiger partial charge in [0, 0.05) is 25.6 Å². The molecule has 3 fully saturated rings. The van der Waals surface area contributed by atoms with Crippen LogP contribution in [0.1, 0.15) is 63.0 Å². The number of benzene rings is 1. The Labute approximate surface area is 168 Å². The first kappa shape index (κ1) is 19.4. The van der Waals surface area contributed by atoms with Gasteiger partial charge in [-0.1, -0.05) is 49.6 Å². The molecule has 1 aromatic carbocycles. The van der Waals surface area contributed by atoms with Gasteiger partial charge in [0.25, 0.3) is 0 Å². The minimum absolute atomic E-state index is 0.0480. The second-order valence-electron chi connectivity index (χ2n) is 8.65. The third-order valence-corrected chi connectivity index (χ3v) is 6.78. The van der Waals surface area contributed by atoms with Gasteiger partial charge < -0.3 is 10.2 Å². The summed E-state index contributed by atoms with van der Waals surface area (Å²) >= 11 is 0. The van der Waals surface area contributed by atoms with E-state index in [4.69, 9.17) is 0 Å². The van der Waals surface area contributed by atoms with Crippen molar-refractivity contribution in [2.75, 3.05) is 26.2 Å². The van der Waals surface area contributed by atoms with Crippen LogP contribution in [-0.2, 0) is 9.59 Å². The van der Waals surface area contributed by atoms with E-state index in [-0.39, 0.29) is 23.8 Å². The van der Waals surface area contributed by atoms with Crippen LogP contribution in [-0.4, -0.2) is 53.8 Å². The van der Waals surface area contributed by atoms with Gasteiger partial charge in [0.15, 0.2) is 0 Å². The highest BCUT2D eigenvalue weighted by Gasteiger charge is 2.38. The zero-order chi connectivity index (χ0) is 19.3. The van der Waals surface area contributed by atoms with Gasteiger partial charge in [0.2, 0.25) is 11.8 Å². The summed E-state index contributed by atoms with van der Waals surface area (Å²) in [6.45, 7) is 3.41. The second kappa shape index (κ2) is 9.08. The number of carbonyl (C=O) groups excluding carboxylic acids is 2. The quantitative estimate of drug-likeness (QED) is 0.821. The molecule has 2 atom stereocenters. The zero-order valence-electron chi connectivity index (χ0n) is 16.8. The number of carbonyl (C=O) groups is 2. The van der Waals surface area contributed by atoms with Crippen molar-refractivity contribution in [3.05, 3.63) is 35.9 Å². The Hall–Kier alpha value is -1.88. The van der Waals surface area contributed by atoms with E-state index in [0.29, 0.717) is 25.6 Å². The van der Waals surface area contributed by atoms with E-state index >= 15 is 0 Å². The Morgan fingerprint density at radius 1 is 1.04 bits per heavy atom. The largest absolute Gasteiger partial charge is 0.354 e. The van der Waals surface area contributed by atoms with Gasteiger partial charge in [0.05, 0.1) is 12.0 Å². The number of nitrogens with zero attached hydrogens (tertiary/aromatic N) is 2. The van der Waals surface area contributed by atoms with Gasteiger partial charge in [-0.15, -0.1) is 0 Å². The molecule has 1 saturated carbocycles. The highest BCUT2D eigenvalue weighted by Crippen LogP contribution is 2.29. The van der Waals surface area contributed by atoms with Crippen molar-refractivity contribution in [3.63, 3.8) is 0 Å². The van der Waals surface area contributed by atoms with Crippen molar-refractivity contribution in [3.8, 4) is 0 Å². The second-order valence-corrected chi connectivity index (χ2v) is 8.65. The predicted molar refractivity (Wildman–Crippen MR) is 110 cm³/mol. The van der Waals surface area contributed by atoms with Gasteiger partial charge in [-0.05, 0) is 44.3 Å². The summed E-state index contributed by atoms with van der Waals surface area (Å²) in [7, 11) is 0. The van der Waals surface area contributed by atoms with E-state index in [2.05, 4.69) is 34.5 Å². The Bertz CT molecular complexity index is 666. The number of nitrogens with one attached hydrogen (secondary N) is 1. The van der Waals surface area contributed by atoms with Crippen molar-refractivity contribution in [2.24, 2.45) is 5.92 Å². The topological polar surface area (TPSA) is 52.7 Å². The van der Waals surface area contributed by atoms with Crippen LogP contribution in [0, 0.1) is 5.92 Å². The lowest BCUT2D eigenvalue weighted by Crippen LogP contribution is -2.41. The van der Waals surface area contributed by atoms with Crippen LogP contribution in [0.4, 0.5) is 0 Å². The fourth-order valence-corrected chi connectivity index (χ4v) is 5.18. The third-order valence-electron chi connectivity index (χ3n) is 6.78. The molecule has 0 aromatic heterocycles. The number of amides is 2. The molecule has 0 bridgehead atoms. The average molecular weight is 384 g/mol. The minimum atomic E-state index is -0.190. The van der Waals surface area contributed by atoms with E-state index < -0.39 is 0 Å². The molecule has 2 heterocycles.